The van der Waals surface area contributed by atoms with Crippen molar-refractivity contribution in [3.05, 3.63) is 76.1 Å². The van der Waals surface area contributed by atoms with E-state index >= 15 is 0 Å². The fourth-order valence-electron chi connectivity index (χ4n) is 3.82. The Morgan fingerprint density at radius 1 is 1.12 bits per heavy atom. The molecule has 0 bridgehead atoms. The average molecular weight is 583 g/mol. The van der Waals surface area contributed by atoms with Gasteiger partial charge in [0.15, 0.2) is 10.9 Å². The average Bonchev–Trinajstić information content (AvgIpc) is 2.96. The third-order valence-corrected chi connectivity index (χ3v) is 7.27. The highest BCUT2D eigenvalue weighted by Crippen LogP contribution is 2.38. The Bertz CT molecular complexity index is 1330. The summed E-state index contributed by atoms with van der Waals surface area (Å²) >= 11 is 8.09. The lowest BCUT2D eigenvalue weighted by Crippen LogP contribution is -2.31. The van der Waals surface area contributed by atoms with Crippen LogP contribution in [0.2, 0.25) is 5.02 Å². The van der Waals surface area contributed by atoms with Crippen LogP contribution < -0.4 is 9.47 Å². The van der Waals surface area contributed by atoms with E-state index in [4.69, 9.17) is 25.8 Å². The second-order valence-corrected chi connectivity index (χ2v) is 10.8. The van der Waals surface area contributed by atoms with Gasteiger partial charge < -0.3 is 19.1 Å². The monoisotopic (exact) mass is 582 g/mol. The molecule has 3 rings (SSSR count). The van der Waals surface area contributed by atoms with Gasteiger partial charge in [-0.1, -0.05) is 62.7 Å². The van der Waals surface area contributed by atoms with Gasteiger partial charge in [-0.2, -0.15) is 5.26 Å². The maximum absolute atomic E-state index is 12.0. The summed E-state index contributed by atoms with van der Waals surface area (Å²) in [6.07, 6.45) is 5.02. The summed E-state index contributed by atoms with van der Waals surface area (Å²) in [5, 5.41) is 10.9. The van der Waals surface area contributed by atoms with Gasteiger partial charge in [0, 0.05) is 18.7 Å². The van der Waals surface area contributed by atoms with Crippen LogP contribution in [0, 0.1) is 11.3 Å². The molecule has 0 fully saturated rings. The first-order valence-electron chi connectivity index (χ1n) is 13.0. The Kier molecular flexibility index (Phi) is 11.5. The summed E-state index contributed by atoms with van der Waals surface area (Å²) in [5.74, 6) is 1.03. The maximum Gasteiger partial charge on any atom is 0.409 e. The standard InChI is InChI=1S/C30H35ClN4O4S/c1-6-7-15-38-29(36)35(4)14-16-37-27-21(19-32)17-23(18-26(27)31)30(2,3)22-8-10-25(11-9-22)39-20-24-12-13-33-28(34-24)40-5/h8-13,17-18H,6-7,14-16,20H2,1-5H3. The van der Waals surface area contributed by atoms with Crippen LogP contribution in [0.3, 0.4) is 0 Å². The van der Waals surface area contributed by atoms with Crippen molar-refractivity contribution in [3.63, 3.8) is 0 Å². The number of likely N-dealkylation sites (N-methyl/N-ethyl adjacent to an activating group) is 1. The van der Waals surface area contributed by atoms with Crippen molar-refractivity contribution in [3.8, 4) is 17.6 Å². The first-order valence-corrected chi connectivity index (χ1v) is 14.6. The van der Waals surface area contributed by atoms with E-state index in [0.29, 0.717) is 41.3 Å². The zero-order valence-electron chi connectivity index (χ0n) is 23.6. The number of ether oxygens (including phenoxy) is 3. The molecule has 1 aromatic heterocycles. The lowest BCUT2D eigenvalue weighted by atomic mass is 9.77. The normalized spacial score (nSPS) is 11.0. The Balaban J connectivity index is 1.66. The van der Waals surface area contributed by atoms with Crippen LogP contribution in [0.4, 0.5) is 4.79 Å². The molecule has 0 atom stereocenters. The predicted octanol–water partition coefficient (Wildman–Crippen LogP) is 6.88. The number of rotatable bonds is 13. The van der Waals surface area contributed by atoms with Crippen LogP contribution in [-0.2, 0) is 16.8 Å². The molecule has 0 aliphatic rings. The molecular weight excluding hydrogens is 548 g/mol. The van der Waals surface area contributed by atoms with Crippen molar-refractivity contribution < 1.29 is 19.0 Å². The fraction of sp³-hybridized carbons (Fsp3) is 0.400. The molecule has 0 saturated heterocycles. The van der Waals surface area contributed by atoms with Crippen LogP contribution >= 0.6 is 23.4 Å². The van der Waals surface area contributed by atoms with Crippen molar-refractivity contribution >= 4 is 29.5 Å². The molecule has 0 aliphatic heterocycles. The number of halogens is 1. The van der Waals surface area contributed by atoms with Crippen LogP contribution in [0.5, 0.6) is 11.5 Å². The smallest absolute Gasteiger partial charge is 0.409 e. The number of benzene rings is 2. The molecule has 1 amide bonds. The molecule has 212 valence electrons. The molecule has 0 aliphatic carbocycles. The van der Waals surface area contributed by atoms with E-state index in [2.05, 4.69) is 29.9 Å². The van der Waals surface area contributed by atoms with Crippen LogP contribution in [0.1, 0.15) is 56.0 Å². The molecule has 2 aromatic carbocycles. The number of unbranched alkanes of at least 4 members (excludes halogenated alkanes) is 1. The molecule has 8 nitrogen and oxygen atoms in total. The molecule has 0 N–H and O–H groups in total. The van der Waals surface area contributed by atoms with Crippen LogP contribution in [-0.4, -0.2) is 54.0 Å². The van der Waals surface area contributed by atoms with Gasteiger partial charge in [-0.25, -0.2) is 14.8 Å². The zero-order chi connectivity index (χ0) is 29.1. The molecule has 10 heteroatoms. The summed E-state index contributed by atoms with van der Waals surface area (Å²) in [4.78, 5) is 22.1. The number of hydrogen-bond donors (Lipinski definition) is 0. The Labute approximate surface area is 245 Å². The fourth-order valence-corrected chi connectivity index (χ4v) is 4.47. The predicted molar refractivity (Wildman–Crippen MR) is 157 cm³/mol. The van der Waals surface area contributed by atoms with Gasteiger partial charge in [0.05, 0.1) is 29.4 Å². The maximum atomic E-state index is 12.0. The minimum Gasteiger partial charge on any atom is -0.489 e. The Morgan fingerprint density at radius 3 is 2.55 bits per heavy atom. The quantitative estimate of drug-likeness (QED) is 0.122. The third-order valence-electron chi connectivity index (χ3n) is 6.43. The van der Waals surface area contributed by atoms with Gasteiger partial charge in [-0.05, 0) is 54.1 Å². The zero-order valence-corrected chi connectivity index (χ0v) is 25.1. The summed E-state index contributed by atoms with van der Waals surface area (Å²) in [6, 6.07) is 15.5. The molecule has 3 aromatic rings. The van der Waals surface area contributed by atoms with Gasteiger partial charge in [0.2, 0.25) is 0 Å². The second-order valence-electron chi connectivity index (χ2n) is 9.66. The number of thioether (sulfide) groups is 1. The number of hydrogen-bond acceptors (Lipinski definition) is 8. The molecule has 1 heterocycles. The van der Waals surface area contributed by atoms with Gasteiger partial charge in [-0.3, -0.25) is 0 Å². The van der Waals surface area contributed by atoms with E-state index in [9.17, 15) is 10.1 Å². The number of nitrogens with zero attached hydrogens (tertiary/aromatic N) is 4. The van der Waals surface area contributed by atoms with Crippen molar-refractivity contribution in [2.75, 3.05) is 33.1 Å². The van der Waals surface area contributed by atoms with E-state index in [1.165, 1.54) is 16.7 Å². The van der Waals surface area contributed by atoms with Crippen LogP contribution in [0.25, 0.3) is 0 Å². The summed E-state index contributed by atoms with van der Waals surface area (Å²) in [6.45, 7) is 7.37. The SMILES string of the molecule is CCCCOC(=O)N(C)CCOc1c(Cl)cc(C(C)(C)c2ccc(OCc3ccnc(SC)n3)cc2)cc1C#N. The van der Waals surface area contributed by atoms with E-state index in [-0.39, 0.29) is 6.61 Å². The van der Waals surface area contributed by atoms with E-state index in [1.54, 1.807) is 19.3 Å². The Morgan fingerprint density at radius 2 is 1.88 bits per heavy atom. The summed E-state index contributed by atoms with van der Waals surface area (Å²) in [7, 11) is 1.64. The van der Waals surface area contributed by atoms with Crippen molar-refractivity contribution in [2.24, 2.45) is 0 Å². The third kappa shape index (κ3) is 8.26. The molecular formula is C30H35ClN4O4S. The van der Waals surface area contributed by atoms with Crippen molar-refractivity contribution in [2.45, 2.75) is 50.8 Å². The molecule has 40 heavy (non-hydrogen) atoms. The number of carbonyl (C=O) groups excluding carboxylic acids is 1. The number of nitriles is 1. The molecule has 0 spiro atoms. The Hall–Kier alpha value is -3.48. The number of carbonyl (C=O) groups is 1. The number of amides is 1. The van der Waals surface area contributed by atoms with Crippen molar-refractivity contribution in [1.82, 2.24) is 14.9 Å². The lowest BCUT2D eigenvalue weighted by Gasteiger charge is -2.27. The highest BCUT2D eigenvalue weighted by Gasteiger charge is 2.26. The van der Waals surface area contributed by atoms with Crippen LogP contribution in [0.15, 0.2) is 53.8 Å². The van der Waals surface area contributed by atoms with Gasteiger partial charge >= 0.3 is 6.09 Å². The topological polar surface area (TPSA) is 97.6 Å². The first kappa shape index (κ1) is 31.1. The largest absolute Gasteiger partial charge is 0.489 e. The van der Waals surface area contributed by atoms with Crippen molar-refractivity contribution in [1.29, 1.82) is 5.26 Å². The van der Waals surface area contributed by atoms with Gasteiger partial charge in [-0.15, -0.1) is 0 Å². The molecule has 0 saturated carbocycles. The number of aromatic nitrogens is 2. The van der Waals surface area contributed by atoms with E-state index in [0.717, 1.165) is 35.4 Å². The minimum atomic E-state index is -0.450. The highest BCUT2D eigenvalue weighted by molar-refractivity contribution is 7.98. The first-order chi connectivity index (χ1) is 19.2. The van der Waals surface area contributed by atoms with Gasteiger partial charge in [0.25, 0.3) is 0 Å². The molecule has 0 radical (unpaired) electrons. The lowest BCUT2D eigenvalue weighted by molar-refractivity contribution is 0.104. The summed E-state index contributed by atoms with van der Waals surface area (Å²) < 4.78 is 17.0. The summed E-state index contributed by atoms with van der Waals surface area (Å²) in [5.41, 5.74) is 2.59. The van der Waals surface area contributed by atoms with E-state index in [1.807, 2.05) is 49.6 Å². The second kappa shape index (κ2) is 14.8. The molecule has 0 unspecified atom stereocenters. The van der Waals surface area contributed by atoms with E-state index < -0.39 is 11.5 Å². The minimum absolute atomic E-state index is 0.172. The van der Waals surface area contributed by atoms with Gasteiger partial charge in [0.1, 0.15) is 25.0 Å². The highest BCUT2D eigenvalue weighted by atomic mass is 35.5.